The summed E-state index contributed by atoms with van der Waals surface area (Å²) in [5.74, 6) is -0.0478. The molecule has 0 saturated carbocycles. The number of aromatic nitrogens is 1. The van der Waals surface area contributed by atoms with Gasteiger partial charge in [-0.05, 0) is 18.2 Å². The first-order valence-electron chi connectivity index (χ1n) is 6.77. The number of carbonyl (C=O) groups excluding carboxylic acids is 1. The number of hydrogen-bond acceptors (Lipinski definition) is 3. The van der Waals surface area contributed by atoms with Crippen LogP contribution in [0.2, 0.25) is 0 Å². The minimum Gasteiger partial charge on any atom is -0.361 e. The van der Waals surface area contributed by atoms with Crippen molar-refractivity contribution < 1.29 is 13.2 Å². The molecular formula is C14H17N3O3S. The Labute approximate surface area is 123 Å². The van der Waals surface area contributed by atoms with Gasteiger partial charge in [0, 0.05) is 48.8 Å². The second-order valence-corrected chi connectivity index (χ2v) is 7.18. The van der Waals surface area contributed by atoms with Crippen molar-refractivity contribution >= 4 is 26.8 Å². The fourth-order valence-electron chi connectivity index (χ4n) is 2.67. The molecular weight excluding hydrogens is 290 g/mol. The van der Waals surface area contributed by atoms with E-state index in [2.05, 4.69) is 4.98 Å². The Hall–Kier alpha value is -1.86. The van der Waals surface area contributed by atoms with Crippen LogP contribution in [0, 0.1) is 0 Å². The number of carbonyl (C=O) groups is 1. The highest BCUT2D eigenvalue weighted by molar-refractivity contribution is 7.88. The van der Waals surface area contributed by atoms with Crippen molar-refractivity contribution in [3.63, 3.8) is 0 Å². The first kappa shape index (κ1) is 14.1. The highest BCUT2D eigenvalue weighted by Gasteiger charge is 2.27. The van der Waals surface area contributed by atoms with Crippen molar-refractivity contribution in [3.8, 4) is 0 Å². The van der Waals surface area contributed by atoms with E-state index < -0.39 is 10.0 Å². The molecule has 1 aromatic carbocycles. The SMILES string of the molecule is CS(=O)(=O)N1CCN(C(=O)c2cccc3[nH]ccc23)CC1. The maximum atomic E-state index is 12.6. The molecule has 1 aliphatic rings. The average Bonchev–Trinajstić information content (AvgIpc) is 2.94. The highest BCUT2D eigenvalue weighted by Crippen LogP contribution is 2.20. The lowest BCUT2D eigenvalue weighted by Gasteiger charge is -2.33. The number of piperazine rings is 1. The zero-order valence-corrected chi connectivity index (χ0v) is 12.6. The van der Waals surface area contributed by atoms with Gasteiger partial charge in [-0.15, -0.1) is 0 Å². The molecule has 0 spiro atoms. The molecule has 0 aliphatic carbocycles. The summed E-state index contributed by atoms with van der Waals surface area (Å²) in [6.45, 7) is 1.56. The number of H-pyrrole nitrogens is 1. The van der Waals surface area contributed by atoms with Crippen molar-refractivity contribution in [1.29, 1.82) is 0 Å². The minimum absolute atomic E-state index is 0.0478. The van der Waals surface area contributed by atoms with Gasteiger partial charge in [-0.25, -0.2) is 8.42 Å². The first-order chi connectivity index (χ1) is 9.97. The van der Waals surface area contributed by atoms with Gasteiger partial charge in [0.05, 0.1) is 6.26 Å². The molecule has 0 radical (unpaired) electrons. The fraction of sp³-hybridized carbons (Fsp3) is 0.357. The summed E-state index contributed by atoms with van der Waals surface area (Å²) in [4.78, 5) is 17.4. The third-order valence-electron chi connectivity index (χ3n) is 3.82. The van der Waals surface area contributed by atoms with Crippen molar-refractivity contribution in [2.75, 3.05) is 32.4 Å². The number of nitrogens with one attached hydrogen (secondary N) is 1. The maximum absolute atomic E-state index is 12.6. The third kappa shape index (κ3) is 2.66. The van der Waals surface area contributed by atoms with Crippen LogP contribution in [-0.2, 0) is 10.0 Å². The average molecular weight is 307 g/mol. The monoisotopic (exact) mass is 307 g/mol. The van der Waals surface area contributed by atoms with E-state index in [4.69, 9.17) is 0 Å². The third-order valence-corrected chi connectivity index (χ3v) is 5.12. The van der Waals surface area contributed by atoms with E-state index in [1.54, 1.807) is 11.0 Å². The lowest BCUT2D eigenvalue weighted by molar-refractivity contribution is 0.0700. The van der Waals surface area contributed by atoms with Crippen molar-refractivity contribution in [2.24, 2.45) is 0 Å². The van der Waals surface area contributed by atoms with E-state index in [-0.39, 0.29) is 5.91 Å². The molecule has 1 amide bonds. The first-order valence-corrected chi connectivity index (χ1v) is 8.62. The molecule has 0 atom stereocenters. The Bertz CT molecular complexity index is 774. The van der Waals surface area contributed by atoms with E-state index in [1.165, 1.54) is 10.6 Å². The van der Waals surface area contributed by atoms with E-state index >= 15 is 0 Å². The second-order valence-electron chi connectivity index (χ2n) is 5.20. The topological polar surface area (TPSA) is 73.5 Å². The quantitative estimate of drug-likeness (QED) is 0.895. The Morgan fingerprint density at radius 2 is 1.86 bits per heavy atom. The van der Waals surface area contributed by atoms with Crippen molar-refractivity contribution in [1.82, 2.24) is 14.2 Å². The molecule has 0 bridgehead atoms. The fourth-order valence-corrected chi connectivity index (χ4v) is 3.49. The van der Waals surface area contributed by atoms with Crippen molar-refractivity contribution in [2.45, 2.75) is 0 Å². The van der Waals surface area contributed by atoms with E-state index in [9.17, 15) is 13.2 Å². The van der Waals surface area contributed by atoms with Gasteiger partial charge in [-0.1, -0.05) is 6.07 Å². The molecule has 2 aromatic rings. The molecule has 1 saturated heterocycles. The van der Waals surface area contributed by atoms with Crippen LogP contribution in [0.3, 0.4) is 0 Å². The summed E-state index contributed by atoms with van der Waals surface area (Å²) in [5.41, 5.74) is 1.58. The lowest BCUT2D eigenvalue weighted by Crippen LogP contribution is -2.50. The Balaban J connectivity index is 1.80. The number of rotatable bonds is 2. The summed E-state index contributed by atoms with van der Waals surface area (Å²) >= 11 is 0. The van der Waals surface area contributed by atoms with Gasteiger partial charge in [0.15, 0.2) is 0 Å². The Morgan fingerprint density at radius 1 is 1.14 bits per heavy atom. The van der Waals surface area contributed by atoms with Gasteiger partial charge < -0.3 is 9.88 Å². The zero-order valence-electron chi connectivity index (χ0n) is 11.7. The molecule has 1 aliphatic heterocycles. The van der Waals surface area contributed by atoms with Gasteiger partial charge in [0.1, 0.15) is 0 Å². The van der Waals surface area contributed by atoms with Crippen LogP contribution in [0.4, 0.5) is 0 Å². The molecule has 7 heteroatoms. The van der Waals surface area contributed by atoms with Crippen LogP contribution in [0.5, 0.6) is 0 Å². The predicted octanol–water partition coefficient (Wildman–Crippen LogP) is 0.885. The van der Waals surface area contributed by atoms with E-state index in [1.807, 2.05) is 24.4 Å². The summed E-state index contributed by atoms with van der Waals surface area (Å²) in [7, 11) is -3.17. The number of hydrogen-bond donors (Lipinski definition) is 1. The minimum atomic E-state index is -3.17. The number of sulfonamides is 1. The summed E-state index contributed by atoms with van der Waals surface area (Å²) < 4.78 is 24.4. The molecule has 6 nitrogen and oxygen atoms in total. The zero-order chi connectivity index (χ0) is 15.0. The van der Waals surface area contributed by atoms with Crippen LogP contribution in [-0.4, -0.2) is 60.9 Å². The predicted molar refractivity (Wildman–Crippen MR) is 80.6 cm³/mol. The second kappa shape index (κ2) is 5.16. The number of fused-ring (bicyclic) bond motifs is 1. The van der Waals surface area contributed by atoms with Gasteiger partial charge >= 0.3 is 0 Å². The van der Waals surface area contributed by atoms with Crippen LogP contribution >= 0.6 is 0 Å². The molecule has 1 N–H and O–H groups in total. The van der Waals surface area contributed by atoms with E-state index in [0.29, 0.717) is 31.7 Å². The Kier molecular flexibility index (Phi) is 3.46. The Morgan fingerprint density at radius 3 is 2.52 bits per heavy atom. The molecule has 0 unspecified atom stereocenters. The molecule has 112 valence electrons. The summed E-state index contributed by atoms with van der Waals surface area (Å²) in [6.07, 6.45) is 3.01. The standard InChI is InChI=1S/C14H17N3O3S/c1-21(19,20)17-9-7-16(8-10-17)14(18)12-3-2-4-13-11(12)5-6-15-13/h2-6,15H,7-10H2,1H3. The summed E-state index contributed by atoms with van der Waals surface area (Å²) in [5, 5.41) is 0.896. The number of aromatic amines is 1. The van der Waals surface area contributed by atoms with Crippen LogP contribution in [0.15, 0.2) is 30.5 Å². The summed E-state index contributed by atoms with van der Waals surface area (Å²) in [6, 6.07) is 7.46. The number of amides is 1. The lowest BCUT2D eigenvalue weighted by atomic mass is 10.1. The normalized spacial score (nSPS) is 17.3. The van der Waals surface area contributed by atoms with Crippen LogP contribution < -0.4 is 0 Å². The van der Waals surface area contributed by atoms with Crippen molar-refractivity contribution in [3.05, 3.63) is 36.0 Å². The van der Waals surface area contributed by atoms with Crippen LogP contribution in [0.1, 0.15) is 10.4 Å². The smallest absolute Gasteiger partial charge is 0.254 e. The highest BCUT2D eigenvalue weighted by atomic mass is 32.2. The van der Waals surface area contributed by atoms with Crippen LogP contribution in [0.25, 0.3) is 10.9 Å². The largest absolute Gasteiger partial charge is 0.361 e. The molecule has 2 heterocycles. The van der Waals surface area contributed by atoms with Gasteiger partial charge in [-0.2, -0.15) is 4.31 Å². The van der Waals surface area contributed by atoms with Gasteiger partial charge in [0.2, 0.25) is 10.0 Å². The number of nitrogens with zero attached hydrogens (tertiary/aromatic N) is 2. The molecule has 1 aromatic heterocycles. The van der Waals surface area contributed by atoms with Gasteiger partial charge in [-0.3, -0.25) is 4.79 Å². The molecule has 1 fully saturated rings. The molecule has 3 rings (SSSR count). The van der Waals surface area contributed by atoms with Gasteiger partial charge in [0.25, 0.3) is 5.91 Å². The maximum Gasteiger partial charge on any atom is 0.254 e. The molecule has 21 heavy (non-hydrogen) atoms. The number of benzene rings is 1. The van der Waals surface area contributed by atoms with E-state index in [0.717, 1.165) is 10.9 Å².